The van der Waals surface area contributed by atoms with Gasteiger partial charge >= 0.3 is 0 Å². The molecule has 3 rings (SSSR count). The van der Waals surface area contributed by atoms with Crippen molar-refractivity contribution in [2.75, 3.05) is 32.7 Å². The standard InChI is InChI=1S/C21H26N4O4/c1-2-3-4-7-23-19(26)16-13-17(15-22-14-16)20(27)24-8-10-25(11-9-24)21(28)18-6-5-12-29-18/h5-6,12-15H,2-4,7-11H2,1H3,(H,23,26). The molecule has 0 aliphatic carbocycles. The number of piperazine rings is 1. The number of unbranched alkanes of at least 4 members (excludes halogenated alkanes) is 2. The maximum atomic E-state index is 12.8. The Labute approximate surface area is 169 Å². The van der Waals surface area contributed by atoms with E-state index in [2.05, 4.69) is 17.2 Å². The van der Waals surface area contributed by atoms with Crippen LogP contribution in [0, 0.1) is 0 Å². The lowest BCUT2D eigenvalue weighted by molar-refractivity contribution is 0.0518. The van der Waals surface area contributed by atoms with Gasteiger partial charge in [-0.05, 0) is 24.6 Å². The lowest BCUT2D eigenvalue weighted by Gasteiger charge is -2.34. The highest BCUT2D eigenvalue weighted by atomic mass is 16.3. The van der Waals surface area contributed by atoms with Crippen molar-refractivity contribution in [3.8, 4) is 0 Å². The van der Waals surface area contributed by atoms with Gasteiger partial charge in [0.1, 0.15) is 0 Å². The van der Waals surface area contributed by atoms with Crippen molar-refractivity contribution in [1.82, 2.24) is 20.1 Å². The van der Waals surface area contributed by atoms with Gasteiger partial charge in [0, 0.05) is 45.1 Å². The first-order valence-corrected chi connectivity index (χ1v) is 9.95. The van der Waals surface area contributed by atoms with Crippen LogP contribution in [0.1, 0.15) is 57.5 Å². The maximum absolute atomic E-state index is 12.8. The molecule has 3 heterocycles. The number of hydrogen-bond acceptors (Lipinski definition) is 5. The van der Waals surface area contributed by atoms with Gasteiger partial charge in [-0.15, -0.1) is 0 Å². The second kappa shape index (κ2) is 9.86. The zero-order valence-electron chi connectivity index (χ0n) is 16.6. The summed E-state index contributed by atoms with van der Waals surface area (Å²) in [5.41, 5.74) is 0.746. The summed E-state index contributed by atoms with van der Waals surface area (Å²) in [4.78, 5) is 44.8. The number of nitrogens with zero attached hydrogens (tertiary/aromatic N) is 3. The van der Waals surface area contributed by atoms with Crippen LogP contribution in [0.2, 0.25) is 0 Å². The van der Waals surface area contributed by atoms with E-state index < -0.39 is 0 Å². The summed E-state index contributed by atoms with van der Waals surface area (Å²) in [6.45, 7) is 4.40. The van der Waals surface area contributed by atoms with Crippen LogP contribution in [0.5, 0.6) is 0 Å². The van der Waals surface area contributed by atoms with Crippen LogP contribution in [-0.4, -0.2) is 65.2 Å². The SMILES string of the molecule is CCCCCNC(=O)c1cncc(C(=O)N2CCN(C(=O)c3ccco3)CC2)c1. The molecule has 29 heavy (non-hydrogen) atoms. The third-order valence-corrected chi connectivity index (χ3v) is 4.90. The zero-order valence-corrected chi connectivity index (χ0v) is 16.6. The highest BCUT2D eigenvalue weighted by Gasteiger charge is 2.27. The molecule has 2 aromatic heterocycles. The second-order valence-electron chi connectivity index (χ2n) is 6.99. The van der Waals surface area contributed by atoms with Gasteiger partial charge in [-0.1, -0.05) is 19.8 Å². The Morgan fingerprint density at radius 1 is 1.03 bits per heavy atom. The largest absolute Gasteiger partial charge is 0.459 e. The fourth-order valence-electron chi connectivity index (χ4n) is 3.21. The first-order chi connectivity index (χ1) is 14.1. The molecule has 0 radical (unpaired) electrons. The molecule has 1 aliphatic heterocycles. The third-order valence-electron chi connectivity index (χ3n) is 4.90. The van der Waals surface area contributed by atoms with Crippen molar-refractivity contribution in [3.05, 3.63) is 53.7 Å². The molecule has 1 saturated heterocycles. The molecule has 0 spiro atoms. The molecule has 1 aliphatic rings. The van der Waals surface area contributed by atoms with Crippen molar-refractivity contribution in [3.63, 3.8) is 0 Å². The average Bonchev–Trinajstić information content (AvgIpc) is 3.31. The number of aromatic nitrogens is 1. The topological polar surface area (TPSA) is 95.8 Å². The molecule has 8 heteroatoms. The smallest absolute Gasteiger partial charge is 0.289 e. The lowest BCUT2D eigenvalue weighted by Crippen LogP contribution is -2.50. The first-order valence-electron chi connectivity index (χ1n) is 9.95. The van der Waals surface area contributed by atoms with E-state index in [1.54, 1.807) is 28.0 Å². The van der Waals surface area contributed by atoms with Crippen molar-refractivity contribution >= 4 is 17.7 Å². The summed E-state index contributed by atoms with van der Waals surface area (Å²) >= 11 is 0. The highest BCUT2D eigenvalue weighted by molar-refractivity contribution is 5.99. The minimum atomic E-state index is -0.225. The van der Waals surface area contributed by atoms with Crippen LogP contribution in [0.3, 0.4) is 0 Å². The Morgan fingerprint density at radius 3 is 2.38 bits per heavy atom. The Bertz CT molecular complexity index is 842. The molecule has 154 valence electrons. The fraction of sp³-hybridized carbons (Fsp3) is 0.429. The van der Waals surface area contributed by atoms with Crippen LogP contribution in [0.25, 0.3) is 0 Å². The van der Waals surface area contributed by atoms with Gasteiger partial charge in [-0.2, -0.15) is 0 Å². The molecular formula is C21H26N4O4. The molecule has 0 aromatic carbocycles. The monoisotopic (exact) mass is 398 g/mol. The Hall–Kier alpha value is -3.16. The summed E-state index contributed by atoms with van der Waals surface area (Å²) in [5.74, 6) is -0.294. The second-order valence-corrected chi connectivity index (χ2v) is 6.99. The molecule has 1 fully saturated rings. The number of carbonyl (C=O) groups is 3. The van der Waals surface area contributed by atoms with Gasteiger partial charge < -0.3 is 19.5 Å². The zero-order chi connectivity index (χ0) is 20.6. The van der Waals surface area contributed by atoms with Gasteiger partial charge in [0.25, 0.3) is 17.7 Å². The van der Waals surface area contributed by atoms with E-state index >= 15 is 0 Å². The Kier molecular flexibility index (Phi) is 6.99. The van der Waals surface area contributed by atoms with Crippen molar-refractivity contribution in [1.29, 1.82) is 0 Å². The third kappa shape index (κ3) is 5.22. The van der Waals surface area contributed by atoms with Crippen LogP contribution in [0.4, 0.5) is 0 Å². The molecule has 2 aromatic rings. The minimum absolute atomic E-state index is 0.175. The van der Waals surface area contributed by atoms with Gasteiger partial charge in [0.05, 0.1) is 17.4 Å². The van der Waals surface area contributed by atoms with Crippen LogP contribution in [-0.2, 0) is 0 Å². The van der Waals surface area contributed by atoms with Crippen molar-refractivity contribution in [2.45, 2.75) is 26.2 Å². The molecule has 0 unspecified atom stereocenters. The first kappa shape index (κ1) is 20.6. The number of pyridine rings is 1. The minimum Gasteiger partial charge on any atom is -0.459 e. The van der Waals surface area contributed by atoms with E-state index in [-0.39, 0.29) is 17.7 Å². The van der Waals surface area contributed by atoms with E-state index in [0.29, 0.717) is 49.6 Å². The molecule has 8 nitrogen and oxygen atoms in total. The Morgan fingerprint density at radius 2 is 1.72 bits per heavy atom. The van der Waals surface area contributed by atoms with E-state index in [0.717, 1.165) is 19.3 Å². The van der Waals surface area contributed by atoms with Gasteiger partial charge in [0.15, 0.2) is 5.76 Å². The van der Waals surface area contributed by atoms with Crippen LogP contribution in [0.15, 0.2) is 41.3 Å². The Balaban J connectivity index is 1.55. The van der Waals surface area contributed by atoms with E-state index in [1.165, 1.54) is 18.7 Å². The number of rotatable bonds is 7. The highest BCUT2D eigenvalue weighted by Crippen LogP contribution is 2.13. The van der Waals surface area contributed by atoms with Gasteiger partial charge in [-0.3, -0.25) is 19.4 Å². The number of amides is 3. The summed E-state index contributed by atoms with van der Waals surface area (Å²) in [7, 11) is 0. The van der Waals surface area contributed by atoms with Gasteiger partial charge in [0.2, 0.25) is 0 Å². The quantitative estimate of drug-likeness (QED) is 0.722. The molecule has 3 amide bonds. The van der Waals surface area contributed by atoms with Crippen LogP contribution < -0.4 is 5.32 Å². The number of nitrogens with one attached hydrogen (secondary N) is 1. The van der Waals surface area contributed by atoms with E-state index in [9.17, 15) is 14.4 Å². The number of hydrogen-bond donors (Lipinski definition) is 1. The molecule has 0 saturated carbocycles. The molecule has 1 N–H and O–H groups in total. The fourth-order valence-corrected chi connectivity index (χ4v) is 3.21. The number of furan rings is 1. The number of carbonyl (C=O) groups excluding carboxylic acids is 3. The normalized spacial score (nSPS) is 14.0. The molecule has 0 atom stereocenters. The predicted octanol–water partition coefficient (Wildman–Crippen LogP) is 2.19. The van der Waals surface area contributed by atoms with Crippen LogP contribution >= 0.6 is 0 Å². The van der Waals surface area contributed by atoms with Crippen molar-refractivity contribution < 1.29 is 18.8 Å². The van der Waals surface area contributed by atoms with Crippen molar-refractivity contribution in [2.24, 2.45) is 0 Å². The van der Waals surface area contributed by atoms with Gasteiger partial charge in [-0.25, -0.2) is 0 Å². The average molecular weight is 398 g/mol. The molecular weight excluding hydrogens is 372 g/mol. The summed E-state index contributed by atoms with van der Waals surface area (Å²) in [5, 5.41) is 2.85. The van der Waals surface area contributed by atoms with E-state index in [1.807, 2.05) is 0 Å². The molecule has 0 bridgehead atoms. The predicted molar refractivity (Wildman–Crippen MR) is 107 cm³/mol. The summed E-state index contributed by atoms with van der Waals surface area (Å²) in [6.07, 6.45) is 7.47. The maximum Gasteiger partial charge on any atom is 0.289 e. The summed E-state index contributed by atoms with van der Waals surface area (Å²) < 4.78 is 5.15. The summed E-state index contributed by atoms with van der Waals surface area (Å²) in [6, 6.07) is 4.88. The van der Waals surface area contributed by atoms with E-state index in [4.69, 9.17) is 4.42 Å². The lowest BCUT2D eigenvalue weighted by atomic mass is 10.1.